The van der Waals surface area contributed by atoms with Gasteiger partial charge in [0.15, 0.2) is 9.84 Å². The second-order valence-corrected chi connectivity index (χ2v) is 5.66. The molecular weight excluding hydrogens is 224 g/mol. The monoisotopic (exact) mass is 236 g/mol. The van der Waals surface area contributed by atoms with E-state index < -0.39 is 9.84 Å². The van der Waals surface area contributed by atoms with E-state index in [0.717, 1.165) is 5.56 Å². The summed E-state index contributed by atoms with van der Waals surface area (Å²) in [6, 6.07) is 12.5. The molecule has 2 aromatic rings. The first-order chi connectivity index (χ1) is 7.66. The molecule has 0 radical (unpaired) electrons. The van der Waals surface area contributed by atoms with Crippen LogP contribution in [0.3, 0.4) is 0 Å². The van der Waals surface area contributed by atoms with Gasteiger partial charge in [-0.1, -0.05) is 30.3 Å². The van der Waals surface area contributed by atoms with Crippen LogP contribution in [0.1, 0.15) is 11.3 Å². The third-order valence-electron chi connectivity index (χ3n) is 2.17. The van der Waals surface area contributed by atoms with Gasteiger partial charge < -0.3 is 4.42 Å². The van der Waals surface area contributed by atoms with E-state index in [0.29, 0.717) is 5.76 Å². The number of sulfone groups is 1. The molecule has 1 aromatic heterocycles. The molecule has 0 saturated heterocycles. The molecule has 0 aliphatic rings. The normalized spacial score (nSPS) is 11.5. The topological polar surface area (TPSA) is 47.3 Å². The lowest BCUT2D eigenvalue weighted by Crippen LogP contribution is -2.06. The molecule has 1 heterocycles. The van der Waals surface area contributed by atoms with Crippen molar-refractivity contribution in [2.24, 2.45) is 0 Å². The first kappa shape index (κ1) is 11.0. The van der Waals surface area contributed by atoms with Crippen molar-refractivity contribution >= 4 is 9.84 Å². The van der Waals surface area contributed by atoms with Gasteiger partial charge in [-0.3, -0.25) is 0 Å². The highest BCUT2D eigenvalue weighted by atomic mass is 32.2. The van der Waals surface area contributed by atoms with Crippen molar-refractivity contribution in [3.63, 3.8) is 0 Å². The first-order valence-corrected chi connectivity index (χ1v) is 6.75. The van der Waals surface area contributed by atoms with Crippen LogP contribution in [-0.2, 0) is 21.3 Å². The number of hydrogen-bond acceptors (Lipinski definition) is 3. The average molecular weight is 236 g/mol. The largest absolute Gasteiger partial charge is 0.468 e. The molecule has 16 heavy (non-hydrogen) atoms. The van der Waals surface area contributed by atoms with Crippen LogP contribution in [0, 0.1) is 0 Å². The molecule has 0 N–H and O–H groups in total. The fraction of sp³-hybridized carbons (Fsp3) is 0.167. The van der Waals surface area contributed by atoms with Crippen molar-refractivity contribution in [2.45, 2.75) is 11.5 Å². The maximum Gasteiger partial charge on any atom is 0.161 e. The van der Waals surface area contributed by atoms with Crippen LogP contribution in [0.5, 0.6) is 0 Å². The van der Waals surface area contributed by atoms with Gasteiger partial charge in [-0.15, -0.1) is 0 Å². The van der Waals surface area contributed by atoms with Gasteiger partial charge in [0.05, 0.1) is 12.0 Å². The Morgan fingerprint density at radius 1 is 0.938 bits per heavy atom. The smallest absolute Gasteiger partial charge is 0.161 e. The van der Waals surface area contributed by atoms with Gasteiger partial charge in [0.25, 0.3) is 0 Å². The van der Waals surface area contributed by atoms with E-state index >= 15 is 0 Å². The Morgan fingerprint density at radius 2 is 1.69 bits per heavy atom. The molecule has 0 aliphatic carbocycles. The van der Waals surface area contributed by atoms with Crippen LogP contribution in [0.15, 0.2) is 53.1 Å². The third-order valence-corrected chi connectivity index (χ3v) is 3.67. The SMILES string of the molecule is O=S(=O)(Cc1ccccc1)Cc1ccco1. The molecule has 0 bridgehead atoms. The molecule has 3 nitrogen and oxygen atoms in total. The summed E-state index contributed by atoms with van der Waals surface area (Å²) in [6.45, 7) is 0. The summed E-state index contributed by atoms with van der Waals surface area (Å²) in [7, 11) is -3.15. The maximum absolute atomic E-state index is 11.8. The summed E-state index contributed by atoms with van der Waals surface area (Å²) in [5, 5.41) is 0. The van der Waals surface area contributed by atoms with E-state index in [4.69, 9.17) is 4.42 Å². The van der Waals surface area contributed by atoms with E-state index in [9.17, 15) is 8.42 Å². The van der Waals surface area contributed by atoms with E-state index in [-0.39, 0.29) is 11.5 Å². The van der Waals surface area contributed by atoms with Crippen LogP contribution in [0.25, 0.3) is 0 Å². The van der Waals surface area contributed by atoms with Crippen molar-refractivity contribution < 1.29 is 12.8 Å². The van der Waals surface area contributed by atoms with Crippen molar-refractivity contribution in [3.05, 3.63) is 60.1 Å². The minimum Gasteiger partial charge on any atom is -0.468 e. The summed E-state index contributed by atoms with van der Waals surface area (Å²) in [5.41, 5.74) is 0.800. The lowest BCUT2D eigenvalue weighted by molar-refractivity contribution is 0.520. The second-order valence-electron chi connectivity index (χ2n) is 3.60. The molecule has 0 spiro atoms. The average Bonchev–Trinajstić information content (AvgIpc) is 2.70. The Kier molecular flexibility index (Phi) is 3.10. The Labute approximate surface area is 94.6 Å². The maximum atomic E-state index is 11.8. The van der Waals surface area contributed by atoms with Crippen LogP contribution in [-0.4, -0.2) is 8.42 Å². The van der Waals surface area contributed by atoms with Gasteiger partial charge in [-0.25, -0.2) is 8.42 Å². The summed E-state index contributed by atoms with van der Waals surface area (Å²) in [4.78, 5) is 0. The van der Waals surface area contributed by atoms with Gasteiger partial charge in [0, 0.05) is 0 Å². The lowest BCUT2D eigenvalue weighted by Gasteiger charge is -2.02. The van der Waals surface area contributed by atoms with Gasteiger partial charge in [-0.05, 0) is 17.7 Å². The Balaban J connectivity index is 2.09. The highest BCUT2D eigenvalue weighted by molar-refractivity contribution is 7.89. The zero-order chi connectivity index (χ0) is 11.4. The molecular formula is C12H12O3S. The third kappa shape index (κ3) is 2.97. The number of hydrogen-bond donors (Lipinski definition) is 0. The minimum absolute atomic E-state index is 0.0467. The molecule has 0 amide bonds. The number of furan rings is 1. The molecule has 0 saturated carbocycles. The second kappa shape index (κ2) is 4.53. The van der Waals surface area contributed by atoms with Crippen LogP contribution < -0.4 is 0 Å². The molecule has 1 aromatic carbocycles. The van der Waals surface area contributed by atoms with Gasteiger partial charge in [0.1, 0.15) is 11.5 Å². The van der Waals surface area contributed by atoms with Crippen LogP contribution in [0.2, 0.25) is 0 Å². The Bertz CT molecular complexity index is 527. The predicted octanol–water partition coefficient (Wildman–Crippen LogP) is 2.39. The fourth-order valence-electron chi connectivity index (χ4n) is 1.49. The summed E-state index contributed by atoms with van der Waals surface area (Å²) < 4.78 is 28.6. The summed E-state index contributed by atoms with van der Waals surface area (Å²) in [5.74, 6) is 0.486. The molecule has 0 fully saturated rings. The van der Waals surface area contributed by atoms with Crippen molar-refractivity contribution in [3.8, 4) is 0 Å². The van der Waals surface area contributed by atoms with E-state index in [1.54, 1.807) is 24.3 Å². The molecule has 84 valence electrons. The number of benzene rings is 1. The lowest BCUT2D eigenvalue weighted by atomic mass is 10.2. The summed E-state index contributed by atoms with van der Waals surface area (Å²) >= 11 is 0. The van der Waals surface area contributed by atoms with Gasteiger partial charge in [-0.2, -0.15) is 0 Å². The number of rotatable bonds is 4. The molecule has 4 heteroatoms. The Morgan fingerprint density at radius 3 is 2.31 bits per heavy atom. The standard InChI is InChI=1S/C12H12O3S/c13-16(14,10-12-7-4-8-15-12)9-11-5-2-1-3-6-11/h1-8H,9-10H2. The first-order valence-electron chi connectivity index (χ1n) is 4.92. The quantitative estimate of drug-likeness (QED) is 0.819. The predicted molar refractivity (Wildman–Crippen MR) is 61.5 cm³/mol. The molecule has 0 unspecified atom stereocenters. The zero-order valence-electron chi connectivity index (χ0n) is 8.67. The highest BCUT2D eigenvalue weighted by Gasteiger charge is 2.14. The fourth-order valence-corrected chi connectivity index (χ4v) is 2.89. The van der Waals surface area contributed by atoms with Crippen LogP contribution >= 0.6 is 0 Å². The van der Waals surface area contributed by atoms with E-state index in [1.165, 1.54) is 6.26 Å². The summed E-state index contributed by atoms with van der Waals surface area (Å²) in [6.07, 6.45) is 1.48. The highest BCUT2D eigenvalue weighted by Crippen LogP contribution is 2.12. The van der Waals surface area contributed by atoms with Crippen molar-refractivity contribution in [1.29, 1.82) is 0 Å². The van der Waals surface area contributed by atoms with Crippen LogP contribution in [0.4, 0.5) is 0 Å². The molecule has 0 atom stereocenters. The van der Waals surface area contributed by atoms with Crippen molar-refractivity contribution in [2.75, 3.05) is 0 Å². The van der Waals surface area contributed by atoms with E-state index in [1.807, 2.05) is 18.2 Å². The molecule has 0 aliphatic heterocycles. The molecule has 2 rings (SSSR count). The van der Waals surface area contributed by atoms with Crippen molar-refractivity contribution in [1.82, 2.24) is 0 Å². The zero-order valence-corrected chi connectivity index (χ0v) is 9.48. The Hall–Kier alpha value is -1.55. The minimum atomic E-state index is -3.15. The van der Waals surface area contributed by atoms with Gasteiger partial charge >= 0.3 is 0 Å². The van der Waals surface area contributed by atoms with E-state index in [2.05, 4.69) is 0 Å². The van der Waals surface area contributed by atoms with Gasteiger partial charge in [0.2, 0.25) is 0 Å².